The van der Waals surface area contributed by atoms with Crippen molar-refractivity contribution < 1.29 is 14.7 Å². The number of carboxylic acids is 1. The highest BCUT2D eigenvalue weighted by atomic mass is 16.4. The number of amides is 1. The Morgan fingerprint density at radius 1 is 1.21 bits per heavy atom. The summed E-state index contributed by atoms with van der Waals surface area (Å²) >= 11 is 0. The number of carbonyl (C=O) groups excluding carboxylic acids is 1. The fraction of sp³-hybridized carbons (Fsp3) is 0.579. The molecule has 0 spiro atoms. The van der Waals surface area contributed by atoms with Gasteiger partial charge in [-0.25, -0.2) is 0 Å². The highest BCUT2D eigenvalue weighted by Gasteiger charge is 2.34. The first kappa shape index (κ1) is 17.0. The van der Waals surface area contributed by atoms with Gasteiger partial charge in [0.15, 0.2) is 0 Å². The van der Waals surface area contributed by atoms with Gasteiger partial charge in [-0.15, -0.1) is 0 Å². The largest absolute Gasteiger partial charge is 0.480 e. The van der Waals surface area contributed by atoms with Crippen LogP contribution in [0.3, 0.4) is 0 Å². The Labute approximate surface area is 143 Å². The van der Waals surface area contributed by atoms with Gasteiger partial charge in [-0.1, -0.05) is 25.5 Å². The number of aliphatic carboxylic acids is 1. The molecular formula is C19H26N2O3. The van der Waals surface area contributed by atoms with Crippen LogP contribution in [-0.4, -0.2) is 47.1 Å². The lowest BCUT2D eigenvalue weighted by Gasteiger charge is -2.42. The Balaban J connectivity index is 1.47. The zero-order valence-corrected chi connectivity index (χ0v) is 14.2. The normalized spacial score (nSPS) is 23.4. The fourth-order valence-corrected chi connectivity index (χ4v) is 3.59. The molecule has 130 valence electrons. The Kier molecular flexibility index (Phi) is 5.19. The van der Waals surface area contributed by atoms with E-state index in [9.17, 15) is 9.59 Å². The second-order valence-corrected chi connectivity index (χ2v) is 7.00. The number of benzene rings is 1. The lowest BCUT2D eigenvalue weighted by Crippen LogP contribution is -2.54. The number of carbonyl (C=O) groups is 2. The average molecular weight is 330 g/mol. The molecule has 5 nitrogen and oxygen atoms in total. The van der Waals surface area contributed by atoms with Gasteiger partial charge in [0.05, 0.1) is 6.54 Å². The third-order valence-corrected chi connectivity index (χ3v) is 5.46. The zero-order valence-electron chi connectivity index (χ0n) is 14.2. The highest BCUT2D eigenvalue weighted by molar-refractivity contribution is 5.94. The molecule has 2 saturated carbocycles. The summed E-state index contributed by atoms with van der Waals surface area (Å²) in [5, 5.41) is 12.0. The molecule has 0 bridgehead atoms. The molecule has 1 aromatic carbocycles. The molecule has 2 aliphatic rings. The van der Waals surface area contributed by atoms with E-state index >= 15 is 0 Å². The van der Waals surface area contributed by atoms with E-state index in [2.05, 4.69) is 17.4 Å². The molecule has 1 amide bonds. The van der Waals surface area contributed by atoms with Gasteiger partial charge >= 0.3 is 5.97 Å². The van der Waals surface area contributed by atoms with Gasteiger partial charge < -0.3 is 10.4 Å². The first-order valence-electron chi connectivity index (χ1n) is 8.93. The van der Waals surface area contributed by atoms with Gasteiger partial charge in [0.1, 0.15) is 0 Å². The molecule has 2 aliphatic carbocycles. The Bertz CT molecular complexity index is 589. The van der Waals surface area contributed by atoms with Gasteiger partial charge in [0.25, 0.3) is 5.91 Å². The van der Waals surface area contributed by atoms with Crippen LogP contribution in [0.4, 0.5) is 0 Å². The number of likely N-dealkylation sites (N-methyl/N-ethyl adjacent to an activating group) is 1. The van der Waals surface area contributed by atoms with Crippen LogP contribution in [0, 0.1) is 0 Å². The van der Waals surface area contributed by atoms with E-state index in [1.165, 1.54) is 24.8 Å². The number of carboxylic acid groups (broad SMARTS) is 1. The van der Waals surface area contributed by atoms with Crippen LogP contribution >= 0.6 is 0 Å². The van der Waals surface area contributed by atoms with E-state index < -0.39 is 5.97 Å². The SMILES string of the molecule is CCN(CC(=O)O)C1CC(NC(=O)c2ccc(C3CCC3)cc2)C1. The monoisotopic (exact) mass is 330 g/mol. The number of nitrogens with zero attached hydrogens (tertiary/aromatic N) is 1. The quantitative estimate of drug-likeness (QED) is 0.806. The van der Waals surface area contributed by atoms with Gasteiger partial charge in [-0.3, -0.25) is 14.5 Å². The lowest BCUT2D eigenvalue weighted by atomic mass is 9.80. The summed E-state index contributed by atoms with van der Waals surface area (Å²) < 4.78 is 0. The van der Waals surface area contributed by atoms with Crippen molar-refractivity contribution in [3.63, 3.8) is 0 Å². The van der Waals surface area contributed by atoms with Crippen molar-refractivity contribution in [1.82, 2.24) is 10.2 Å². The maximum absolute atomic E-state index is 12.3. The number of rotatable bonds is 7. The average Bonchev–Trinajstić information content (AvgIpc) is 2.47. The highest BCUT2D eigenvalue weighted by Crippen LogP contribution is 2.36. The first-order valence-corrected chi connectivity index (χ1v) is 8.93. The molecule has 2 N–H and O–H groups in total. The van der Waals surface area contributed by atoms with Crippen molar-refractivity contribution in [3.8, 4) is 0 Å². The smallest absolute Gasteiger partial charge is 0.317 e. The summed E-state index contributed by atoms with van der Waals surface area (Å²) in [5.74, 6) is -0.139. The van der Waals surface area contributed by atoms with E-state index in [0.29, 0.717) is 11.5 Å². The molecule has 0 unspecified atom stereocenters. The van der Waals surface area contributed by atoms with E-state index in [0.717, 1.165) is 19.4 Å². The molecule has 0 atom stereocenters. The maximum Gasteiger partial charge on any atom is 0.317 e. The van der Waals surface area contributed by atoms with Crippen LogP contribution in [0.15, 0.2) is 24.3 Å². The first-order chi connectivity index (χ1) is 11.6. The minimum atomic E-state index is -0.795. The van der Waals surface area contributed by atoms with E-state index in [4.69, 9.17) is 5.11 Å². The molecular weight excluding hydrogens is 304 g/mol. The van der Waals surface area contributed by atoms with E-state index in [-0.39, 0.29) is 24.5 Å². The molecule has 0 aliphatic heterocycles. The van der Waals surface area contributed by atoms with Crippen molar-refractivity contribution in [2.45, 2.75) is 57.0 Å². The number of hydrogen-bond donors (Lipinski definition) is 2. The topological polar surface area (TPSA) is 69.6 Å². The van der Waals surface area contributed by atoms with Gasteiger partial charge in [0, 0.05) is 17.6 Å². The predicted octanol–water partition coefficient (Wildman–Crippen LogP) is 2.62. The van der Waals surface area contributed by atoms with Crippen LogP contribution in [-0.2, 0) is 4.79 Å². The third-order valence-electron chi connectivity index (χ3n) is 5.46. The Morgan fingerprint density at radius 3 is 2.38 bits per heavy atom. The van der Waals surface area contributed by atoms with Crippen molar-refractivity contribution in [2.75, 3.05) is 13.1 Å². The number of hydrogen-bond acceptors (Lipinski definition) is 3. The summed E-state index contributed by atoms with van der Waals surface area (Å²) in [5.41, 5.74) is 2.05. The fourth-order valence-electron chi connectivity index (χ4n) is 3.59. The second-order valence-electron chi connectivity index (χ2n) is 7.00. The summed E-state index contributed by atoms with van der Waals surface area (Å²) in [6, 6.07) is 8.40. The lowest BCUT2D eigenvalue weighted by molar-refractivity contribution is -0.139. The summed E-state index contributed by atoms with van der Waals surface area (Å²) in [4.78, 5) is 25.1. The maximum atomic E-state index is 12.3. The molecule has 1 aromatic rings. The molecule has 0 radical (unpaired) electrons. The molecule has 2 fully saturated rings. The van der Waals surface area contributed by atoms with Gasteiger partial charge in [-0.05, 0) is 55.8 Å². The minimum Gasteiger partial charge on any atom is -0.480 e. The summed E-state index contributed by atoms with van der Waals surface area (Å²) in [6.07, 6.45) is 5.49. The Morgan fingerprint density at radius 2 is 1.88 bits per heavy atom. The van der Waals surface area contributed by atoms with Crippen molar-refractivity contribution in [1.29, 1.82) is 0 Å². The molecule has 24 heavy (non-hydrogen) atoms. The minimum absolute atomic E-state index is 0.0279. The molecule has 3 rings (SSSR count). The van der Waals surface area contributed by atoms with Gasteiger partial charge in [-0.2, -0.15) is 0 Å². The van der Waals surface area contributed by atoms with Crippen molar-refractivity contribution in [2.24, 2.45) is 0 Å². The molecule has 5 heteroatoms. The van der Waals surface area contributed by atoms with Crippen LogP contribution in [0.5, 0.6) is 0 Å². The van der Waals surface area contributed by atoms with E-state index in [1.807, 2.05) is 24.0 Å². The standard InChI is InChI=1S/C19H26N2O3/c1-2-21(12-18(22)23)17-10-16(11-17)20-19(24)15-8-6-14(7-9-15)13-4-3-5-13/h6-9,13,16-17H,2-5,10-12H2,1H3,(H,20,24)(H,22,23). The van der Waals surface area contributed by atoms with Crippen LogP contribution in [0.1, 0.15) is 60.9 Å². The molecule has 0 heterocycles. The van der Waals surface area contributed by atoms with Crippen molar-refractivity contribution >= 4 is 11.9 Å². The predicted molar refractivity (Wildman–Crippen MR) is 92.2 cm³/mol. The summed E-state index contributed by atoms with van der Waals surface area (Å²) in [6.45, 7) is 2.77. The number of nitrogens with one attached hydrogen (secondary N) is 1. The van der Waals surface area contributed by atoms with Crippen molar-refractivity contribution in [3.05, 3.63) is 35.4 Å². The van der Waals surface area contributed by atoms with Crippen LogP contribution in [0.25, 0.3) is 0 Å². The third kappa shape index (κ3) is 3.78. The van der Waals surface area contributed by atoms with E-state index in [1.54, 1.807) is 0 Å². The Hall–Kier alpha value is -1.88. The van der Waals surface area contributed by atoms with Crippen LogP contribution in [0.2, 0.25) is 0 Å². The van der Waals surface area contributed by atoms with Gasteiger partial charge in [0.2, 0.25) is 0 Å². The zero-order chi connectivity index (χ0) is 17.1. The molecule has 0 saturated heterocycles. The molecule has 0 aromatic heterocycles. The van der Waals surface area contributed by atoms with Crippen LogP contribution < -0.4 is 5.32 Å². The summed E-state index contributed by atoms with van der Waals surface area (Å²) in [7, 11) is 0. The second kappa shape index (κ2) is 7.34.